The van der Waals surface area contributed by atoms with Crippen molar-refractivity contribution in [1.82, 2.24) is 4.98 Å². The van der Waals surface area contributed by atoms with Gasteiger partial charge in [-0.05, 0) is 58.0 Å². The fourth-order valence-electron chi connectivity index (χ4n) is 2.34. The number of rotatable bonds is 8. The Kier molecular flexibility index (Phi) is 6.39. The first-order valence-electron chi connectivity index (χ1n) is 7.73. The quantitative estimate of drug-likeness (QED) is 0.488. The molecule has 5 nitrogen and oxygen atoms in total. The van der Waals surface area contributed by atoms with Gasteiger partial charge in [0.1, 0.15) is 11.6 Å². The number of aliphatic hydroxyl groups excluding tert-OH is 1. The number of nitrogens with zero attached hydrogens (tertiary/aromatic N) is 1. The first kappa shape index (κ1) is 19.2. The highest BCUT2D eigenvalue weighted by molar-refractivity contribution is 7.17. The summed E-state index contributed by atoms with van der Waals surface area (Å²) in [5, 5.41) is 20.5. The zero-order valence-electron chi connectivity index (χ0n) is 13.7. The summed E-state index contributed by atoms with van der Waals surface area (Å²) in [4.78, 5) is 4.28. The molecular weight excluding hydrogens is 347 g/mol. The van der Waals surface area contributed by atoms with Crippen molar-refractivity contribution in [2.45, 2.75) is 25.6 Å². The third kappa shape index (κ3) is 5.44. The Morgan fingerprint density at radius 2 is 2.00 bits per heavy atom. The molecule has 0 saturated carbocycles. The van der Waals surface area contributed by atoms with E-state index in [1.807, 2.05) is 6.92 Å². The molecule has 0 fully saturated rings. The lowest BCUT2D eigenvalue weighted by molar-refractivity contribution is -0.0892. The largest absolute Gasteiger partial charge is 0.430 e. The SMILES string of the molecule is CCC(=N)c1c(CCO)ccnc1Nc1ccc(OC(F)(F)P)cc1. The van der Waals surface area contributed by atoms with Crippen molar-refractivity contribution in [3.8, 4) is 5.75 Å². The van der Waals surface area contributed by atoms with Gasteiger partial charge in [0, 0.05) is 29.8 Å². The highest BCUT2D eigenvalue weighted by atomic mass is 31.0. The molecule has 1 aromatic heterocycles. The Balaban J connectivity index is 2.27. The summed E-state index contributed by atoms with van der Waals surface area (Å²) >= 11 is 0. The zero-order chi connectivity index (χ0) is 18.4. The van der Waals surface area contributed by atoms with Gasteiger partial charge in [0.05, 0.1) is 0 Å². The van der Waals surface area contributed by atoms with E-state index in [1.165, 1.54) is 21.4 Å². The second-order valence-corrected chi connectivity index (χ2v) is 5.98. The van der Waals surface area contributed by atoms with Crippen LogP contribution in [0.2, 0.25) is 0 Å². The van der Waals surface area contributed by atoms with Crippen molar-refractivity contribution in [1.29, 1.82) is 5.41 Å². The number of hydrogen-bond acceptors (Lipinski definition) is 5. The molecule has 0 aliphatic rings. The third-order valence-electron chi connectivity index (χ3n) is 3.44. The average molecular weight is 367 g/mol. The van der Waals surface area contributed by atoms with Crippen LogP contribution in [0.3, 0.4) is 0 Å². The van der Waals surface area contributed by atoms with Crippen molar-refractivity contribution in [2.75, 3.05) is 11.9 Å². The first-order valence-corrected chi connectivity index (χ1v) is 8.31. The van der Waals surface area contributed by atoms with E-state index in [2.05, 4.69) is 15.0 Å². The lowest BCUT2D eigenvalue weighted by Crippen LogP contribution is -2.14. The van der Waals surface area contributed by atoms with E-state index in [0.29, 0.717) is 35.6 Å². The van der Waals surface area contributed by atoms with Crippen molar-refractivity contribution >= 4 is 26.5 Å². The Hall–Kier alpha value is -2.11. The topological polar surface area (TPSA) is 78.2 Å². The molecule has 2 rings (SSSR count). The van der Waals surface area contributed by atoms with Gasteiger partial charge in [0.25, 0.3) is 0 Å². The second-order valence-electron chi connectivity index (χ2n) is 5.31. The lowest BCUT2D eigenvalue weighted by Gasteiger charge is -2.16. The maximum absolute atomic E-state index is 12.8. The third-order valence-corrected chi connectivity index (χ3v) is 3.56. The molecule has 3 N–H and O–H groups in total. The maximum Gasteiger partial charge on any atom is 0.408 e. The summed E-state index contributed by atoms with van der Waals surface area (Å²) in [7, 11) is 1.32. The fourth-order valence-corrected chi connectivity index (χ4v) is 2.48. The molecule has 1 aromatic carbocycles. The number of halogens is 2. The standard InChI is InChI=1S/C17H20F2N3O2P/c1-2-14(20)15-11(8-10-23)7-9-21-16(15)22-12-3-5-13(6-4-12)24-17(18,19)25/h3-7,9,20,23H,2,8,10,25H2,1H3,(H,21,22). The Morgan fingerprint density at radius 1 is 1.32 bits per heavy atom. The fraction of sp³-hybridized carbons (Fsp3) is 0.294. The summed E-state index contributed by atoms with van der Waals surface area (Å²) in [5.41, 5.74) is 2.50. The van der Waals surface area contributed by atoms with E-state index in [1.54, 1.807) is 24.4 Å². The normalized spacial score (nSPS) is 11.2. The van der Waals surface area contributed by atoms with E-state index in [9.17, 15) is 13.9 Å². The van der Waals surface area contributed by atoms with E-state index in [4.69, 9.17) is 5.41 Å². The van der Waals surface area contributed by atoms with Crippen LogP contribution in [0, 0.1) is 5.41 Å². The van der Waals surface area contributed by atoms with Crippen molar-refractivity contribution in [3.05, 3.63) is 47.7 Å². The number of ether oxygens (including phenoxy) is 1. The summed E-state index contributed by atoms with van der Waals surface area (Å²) < 4.78 is 30.1. The van der Waals surface area contributed by atoms with Gasteiger partial charge in [-0.2, -0.15) is 8.78 Å². The van der Waals surface area contributed by atoms with Crippen LogP contribution in [-0.4, -0.2) is 28.3 Å². The minimum Gasteiger partial charge on any atom is -0.430 e. The van der Waals surface area contributed by atoms with Crippen LogP contribution in [0.15, 0.2) is 36.5 Å². The average Bonchev–Trinajstić information content (AvgIpc) is 2.55. The van der Waals surface area contributed by atoms with Gasteiger partial charge in [-0.15, -0.1) is 0 Å². The predicted molar refractivity (Wildman–Crippen MR) is 97.2 cm³/mol. The first-order chi connectivity index (χ1) is 11.8. The molecule has 0 aliphatic heterocycles. The number of aliphatic hydroxyl groups is 1. The molecular formula is C17H20F2N3O2P. The summed E-state index contributed by atoms with van der Waals surface area (Å²) in [6.45, 7) is 1.85. The Labute approximate surface area is 147 Å². The Morgan fingerprint density at radius 3 is 2.56 bits per heavy atom. The van der Waals surface area contributed by atoms with Crippen LogP contribution < -0.4 is 10.1 Å². The molecule has 8 heteroatoms. The molecule has 0 bridgehead atoms. The predicted octanol–water partition coefficient (Wildman–Crippen LogP) is 3.94. The van der Waals surface area contributed by atoms with Gasteiger partial charge in [-0.1, -0.05) is 6.92 Å². The minimum atomic E-state index is -3.32. The molecule has 1 unspecified atom stereocenters. The molecule has 2 aromatic rings. The summed E-state index contributed by atoms with van der Waals surface area (Å²) in [6, 6.07) is 7.79. The molecule has 1 atom stereocenters. The molecule has 25 heavy (non-hydrogen) atoms. The van der Waals surface area contributed by atoms with E-state index in [-0.39, 0.29) is 12.4 Å². The van der Waals surface area contributed by atoms with Gasteiger partial charge in [-0.3, -0.25) is 0 Å². The van der Waals surface area contributed by atoms with Crippen LogP contribution in [0.5, 0.6) is 5.75 Å². The smallest absolute Gasteiger partial charge is 0.408 e. The van der Waals surface area contributed by atoms with Crippen molar-refractivity contribution < 1.29 is 18.6 Å². The molecule has 0 amide bonds. The molecule has 1 heterocycles. The number of nitrogens with one attached hydrogen (secondary N) is 2. The van der Waals surface area contributed by atoms with Gasteiger partial charge in [-0.25, -0.2) is 4.98 Å². The van der Waals surface area contributed by atoms with Gasteiger partial charge in [0.2, 0.25) is 0 Å². The maximum atomic E-state index is 12.8. The number of alkyl halides is 2. The van der Waals surface area contributed by atoms with Crippen molar-refractivity contribution in [3.63, 3.8) is 0 Å². The summed E-state index contributed by atoms with van der Waals surface area (Å²) in [5.74, 6) is -2.80. The highest BCUT2D eigenvalue weighted by Crippen LogP contribution is 2.29. The van der Waals surface area contributed by atoms with Crippen molar-refractivity contribution in [2.24, 2.45) is 0 Å². The van der Waals surface area contributed by atoms with Crippen LogP contribution in [-0.2, 0) is 6.42 Å². The van der Waals surface area contributed by atoms with Gasteiger partial charge < -0.3 is 20.6 Å². The lowest BCUT2D eigenvalue weighted by atomic mass is 10.0. The Bertz CT molecular complexity index is 734. The van der Waals surface area contributed by atoms with Crippen LogP contribution in [0.1, 0.15) is 24.5 Å². The van der Waals surface area contributed by atoms with Crippen LogP contribution in [0.25, 0.3) is 0 Å². The molecule has 0 radical (unpaired) electrons. The number of pyridine rings is 1. The molecule has 0 spiro atoms. The zero-order valence-corrected chi connectivity index (χ0v) is 14.9. The monoisotopic (exact) mass is 367 g/mol. The molecule has 134 valence electrons. The van der Waals surface area contributed by atoms with Crippen LogP contribution >= 0.6 is 9.24 Å². The molecule has 0 aliphatic carbocycles. The second kappa shape index (κ2) is 8.32. The van der Waals surface area contributed by atoms with Gasteiger partial charge in [0.15, 0.2) is 0 Å². The van der Waals surface area contributed by atoms with Crippen LogP contribution in [0.4, 0.5) is 20.3 Å². The van der Waals surface area contributed by atoms with E-state index >= 15 is 0 Å². The number of hydrogen-bond donors (Lipinski definition) is 3. The van der Waals surface area contributed by atoms with Gasteiger partial charge >= 0.3 is 5.85 Å². The minimum absolute atomic E-state index is 0.0251. The number of benzene rings is 1. The number of anilines is 2. The summed E-state index contributed by atoms with van der Waals surface area (Å²) in [6.07, 6.45) is 2.55. The molecule has 0 saturated heterocycles. The highest BCUT2D eigenvalue weighted by Gasteiger charge is 2.23. The van der Waals surface area contributed by atoms with E-state index < -0.39 is 5.85 Å². The number of aromatic nitrogens is 1. The van der Waals surface area contributed by atoms with E-state index in [0.717, 1.165) is 5.56 Å².